The second kappa shape index (κ2) is 5.09. The first kappa shape index (κ1) is 14.5. The van der Waals surface area contributed by atoms with Gasteiger partial charge in [-0.15, -0.1) is 0 Å². The molecule has 0 saturated heterocycles. The summed E-state index contributed by atoms with van der Waals surface area (Å²) in [4.78, 5) is 20.4. The zero-order valence-corrected chi connectivity index (χ0v) is 13.3. The number of aromatic amines is 1. The third kappa shape index (κ3) is 2.66. The molecule has 0 aromatic carbocycles. The van der Waals surface area contributed by atoms with E-state index in [1.165, 1.54) is 11.6 Å². The van der Waals surface area contributed by atoms with Crippen molar-refractivity contribution in [3.05, 3.63) is 57.9 Å². The van der Waals surface area contributed by atoms with E-state index in [1.807, 2.05) is 13.0 Å². The Kier molecular flexibility index (Phi) is 3.35. The average Bonchev–Trinajstić information content (AvgIpc) is 2.66. The number of H-pyrrole nitrogens is 1. The molecule has 0 spiro atoms. The lowest BCUT2D eigenvalue weighted by Crippen LogP contribution is -2.08. The minimum Gasteiger partial charge on any atom is -0.268 e. The molecule has 114 valence electrons. The van der Waals surface area contributed by atoms with Crippen LogP contribution in [0.2, 0.25) is 0 Å². The van der Waals surface area contributed by atoms with Gasteiger partial charge >= 0.3 is 0 Å². The van der Waals surface area contributed by atoms with Crippen LogP contribution in [0, 0.1) is 12.3 Å². The zero-order valence-electron chi connectivity index (χ0n) is 13.3. The minimum atomic E-state index is -0.171. The van der Waals surface area contributed by atoms with E-state index < -0.39 is 0 Å². The second-order valence-corrected chi connectivity index (χ2v) is 6.58. The van der Waals surface area contributed by atoms with Gasteiger partial charge in [-0.25, -0.2) is 14.5 Å². The van der Waals surface area contributed by atoms with Crippen molar-refractivity contribution in [1.82, 2.24) is 19.6 Å². The lowest BCUT2D eigenvalue weighted by molar-refractivity contribution is 0.494. The van der Waals surface area contributed by atoms with Crippen LogP contribution in [-0.2, 0) is 0 Å². The van der Waals surface area contributed by atoms with E-state index in [4.69, 9.17) is 0 Å². The molecular weight excluding hydrogens is 276 g/mol. The molecule has 2 heterocycles. The molecule has 2 aromatic heterocycles. The quantitative estimate of drug-likeness (QED) is 0.879. The molecule has 0 amide bonds. The van der Waals surface area contributed by atoms with E-state index in [9.17, 15) is 4.79 Å². The van der Waals surface area contributed by atoms with Crippen molar-refractivity contribution in [2.75, 3.05) is 0 Å². The number of hydrogen-bond acceptors (Lipinski definition) is 3. The second-order valence-electron chi connectivity index (χ2n) is 6.58. The van der Waals surface area contributed by atoms with Gasteiger partial charge in [-0.1, -0.05) is 50.6 Å². The summed E-state index contributed by atoms with van der Waals surface area (Å²) in [5.41, 5.74) is 2.89. The predicted octanol–water partition coefficient (Wildman–Crippen LogP) is 3.04. The largest absolute Gasteiger partial charge is 0.268 e. The van der Waals surface area contributed by atoms with E-state index in [1.54, 1.807) is 4.52 Å². The van der Waals surface area contributed by atoms with Crippen molar-refractivity contribution in [3.8, 4) is 0 Å². The number of hydrogen-bond donors (Lipinski definition) is 1. The van der Waals surface area contributed by atoms with Crippen LogP contribution in [0.4, 0.5) is 0 Å². The Labute approximate surface area is 129 Å². The van der Waals surface area contributed by atoms with Crippen LogP contribution in [-0.4, -0.2) is 19.6 Å². The van der Waals surface area contributed by atoms with Crippen LogP contribution in [0.25, 0.3) is 11.2 Å². The maximum Gasteiger partial charge on any atom is 0.266 e. The van der Waals surface area contributed by atoms with Gasteiger partial charge in [0.2, 0.25) is 0 Å². The van der Waals surface area contributed by atoms with Crippen LogP contribution < -0.4 is 5.56 Å². The summed E-state index contributed by atoms with van der Waals surface area (Å²) in [6.45, 7) is 8.49. The first-order chi connectivity index (χ1) is 10.3. The van der Waals surface area contributed by atoms with Gasteiger partial charge in [0.15, 0.2) is 11.5 Å². The van der Waals surface area contributed by atoms with Gasteiger partial charge < -0.3 is 0 Å². The third-order valence-corrected chi connectivity index (χ3v) is 3.84. The number of aryl methyl sites for hydroxylation is 1. The van der Waals surface area contributed by atoms with Crippen molar-refractivity contribution >= 4 is 11.2 Å². The highest BCUT2D eigenvalue weighted by atomic mass is 16.1. The maximum absolute atomic E-state index is 11.5. The van der Waals surface area contributed by atoms with Crippen LogP contribution >= 0.6 is 0 Å². The van der Waals surface area contributed by atoms with E-state index in [0.717, 1.165) is 12.0 Å². The van der Waals surface area contributed by atoms with Crippen LogP contribution in [0.1, 0.15) is 38.8 Å². The van der Waals surface area contributed by atoms with Gasteiger partial charge in [0.25, 0.3) is 5.56 Å². The lowest BCUT2D eigenvalue weighted by Gasteiger charge is -2.21. The number of fused-ring (bicyclic) bond motifs is 1. The summed E-state index contributed by atoms with van der Waals surface area (Å²) in [7, 11) is 0. The summed E-state index contributed by atoms with van der Waals surface area (Å²) in [5.74, 6) is 1.35. The molecule has 0 aliphatic heterocycles. The zero-order chi connectivity index (χ0) is 15.9. The van der Waals surface area contributed by atoms with Crippen molar-refractivity contribution in [2.24, 2.45) is 5.41 Å². The van der Waals surface area contributed by atoms with E-state index in [0.29, 0.717) is 17.3 Å². The molecule has 0 saturated carbocycles. The fraction of sp³-hybridized carbons (Fsp3) is 0.353. The van der Waals surface area contributed by atoms with E-state index in [2.05, 4.69) is 54.1 Å². The molecule has 0 bridgehead atoms. The topological polar surface area (TPSA) is 63.0 Å². The smallest absolute Gasteiger partial charge is 0.266 e. The molecule has 22 heavy (non-hydrogen) atoms. The molecule has 0 atom stereocenters. The highest BCUT2D eigenvalue weighted by Crippen LogP contribution is 2.30. The Hall–Kier alpha value is -2.43. The van der Waals surface area contributed by atoms with E-state index >= 15 is 0 Å². The number of nitrogens with zero attached hydrogens (tertiary/aromatic N) is 3. The molecule has 0 fully saturated rings. The van der Waals surface area contributed by atoms with Gasteiger partial charge in [-0.05, 0) is 18.8 Å². The molecule has 1 aliphatic carbocycles. The summed E-state index contributed by atoms with van der Waals surface area (Å²) >= 11 is 0. The molecule has 1 aliphatic rings. The third-order valence-electron chi connectivity index (χ3n) is 3.84. The first-order valence-corrected chi connectivity index (χ1v) is 7.39. The van der Waals surface area contributed by atoms with Crippen molar-refractivity contribution in [2.45, 2.75) is 34.1 Å². The highest BCUT2D eigenvalue weighted by Gasteiger charge is 2.17. The lowest BCUT2D eigenvalue weighted by atomic mass is 9.84. The van der Waals surface area contributed by atoms with Crippen molar-refractivity contribution in [1.29, 1.82) is 0 Å². The molecule has 3 rings (SSSR count). The Morgan fingerprint density at radius 1 is 1.23 bits per heavy atom. The first-order valence-electron chi connectivity index (χ1n) is 7.39. The van der Waals surface area contributed by atoms with Gasteiger partial charge in [-0.2, -0.15) is 0 Å². The van der Waals surface area contributed by atoms with E-state index in [-0.39, 0.29) is 11.0 Å². The van der Waals surface area contributed by atoms with Crippen molar-refractivity contribution in [3.63, 3.8) is 0 Å². The van der Waals surface area contributed by atoms with Gasteiger partial charge in [0.05, 0.1) is 0 Å². The van der Waals surface area contributed by atoms with Gasteiger partial charge in [0, 0.05) is 11.6 Å². The van der Waals surface area contributed by atoms with Crippen LogP contribution in [0.5, 0.6) is 0 Å². The molecule has 0 radical (unpaired) electrons. The fourth-order valence-electron chi connectivity index (χ4n) is 2.51. The average molecular weight is 296 g/mol. The number of nitrogens with one attached hydrogen (secondary N) is 1. The van der Waals surface area contributed by atoms with Crippen molar-refractivity contribution < 1.29 is 0 Å². The Bertz CT molecular complexity index is 872. The number of allylic oxidation sites excluding steroid dienone is 6. The Morgan fingerprint density at radius 3 is 2.73 bits per heavy atom. The summed E-state index contributed by atoms with van der Waals surface area (Å²) in [6, 6.07) is 1.48. The van der Waals surface area contributed by atoms with Crippen LogP contribution in [0.15, 0.2) is 40.7 Å². The fourth-order valence-corrected chi connectivity index (χ4v) is 2.51. The standard InChI is InChI=1S/C17H20N4O/c1-11-18-16(19-14-10-15(22)20-21(11)14)12-6-5-7-13(9-8-12)17(2,3)4/h5-6,8-10H,7H2,1-4H3,(H,20,22). The van der Waals surface area contributed by atoms with Gasteiger partial charge in [0.1, 0.15) is 5.82 Å². The number of aromatic nitrogens is 4. The van der Waals surface area contributed by atoms with Gasteiger partial charge in [-0.3, -0.25) is 9.89 Å². The summed E-state index contributed by atoms with van der Waals surface area (Å²) in [6.07, 6.45) is 9.32. The molecule has 0 unspecified atom stereocenters. The maximum atomic E-state index is 11.5. The predicted molar refractivity (Wildman–Crippen MR) is 87.6 cm³/mol. The molecule has 1 N–H and O–H groups in total. The van der Waals surface area contributed by atoms with Crippen LogP contribution in [0.3, 0.4) is 0 Å². The molecule has 5 heteroatoms. The highest BCUT2D eigenvalue weighted by molar-refractivity contribution is 5.72. The normalized spacial score (nSPS) is 15.6. The Morgan fingerprint density at radius 2 is 2.00 bits per heavy atom. The summed E-state index contributed by atoms with van der Waals surface area (Å²) in [5, 5.41) is 2.68. The molecular formula is C17H20N4O. The number of rotatable bonds is 1. The SMILES string of the molecule is Cc1nc(C2=CC=C(C(C)(C)C)CC=C2)nc2cc(=O)[nH]n12. The monoisotopic (exact) mass is 296 g/mol. The minimum absolute atomic E-state index is 0.144. The summed E-state index contributed by atoms with van der Waals surface area (Å²) < 4.78 is 1.60. The Balaban J connectivity index is 2.09. The molecule has 2 aromatic rings. The molecule has 5 nitrogen and oxygen atoms in total.